The molecule has 0 aliphatic carbocycles. The van der Waals surface area contributed by atoms with Crippen LogP contribution in [-0.2, 0) is 4.79 Å². The zero-order chi connectivity index (χ0) is 15.9. The molecule has 1 unspecified atom stereocenters. The van der Waals surface area contributed by atoms with Gasteiger partial charge in [-0.25, -0.2) is 4.98 Å². The van der Waals surface area contributed by atoms with Crippen LogP contribution in [0, 0.1) is 22.7 Å². The molecule has 1 atom stereocenters. The smallest absolute Gasteiger partial charge is 0.303 e. The first-order chi connectivity index (χ1) is 9.82. The lowest BCUT2D eigenvalue weighted by Gasteiger charge is -2.30. The Morgan fingerprint density at radius 3 is 2.62 bits per heavy atom. The van der Waals surface area contributed by atoms with E-state index in [0.717, 1.165) is 18.7 Å². The molecular formula is C16H23N3O2. The number of hydrogen-bond acceptors (Lipinski definition) is 4. The van der Waals surface area contributed by atoms with Crippen LogP contribution in [0.4, 0.5) is 5.69 Å². The van der Waals surface area contributed by atoms with E-state index in [2.05, 4.69) is 31.1 Å². The van der Waals surface area contributed by atoms with Crippen LogP contribution in [0.1, 0.15) is 45.7 Å². The number of carboxylic acids is 1. The van der Waals surface area contributed by atoms with Crippen molar-refractivity contribution in [2.24, 2.45) is 11.3 Å². The molecule has 5 heteroatoms. The highest BCUT2D eigenvalue weighted by molar-refractivity contribution is 5.66. The van der Waals surface area contributed by atoms with Crippen LogP contribution in [0.2, 0.25) is 0 Å². The van der Waals surface area contributed by atoms with Crippen molar-refractivity contribution in [2.45, 2.75) is 40.0 Å². The maximum atomic E-state index is 10.7. The molecule has 0 amide bonds. The average Bonchev–Trinajstić information content (AvgIpc) is 2.41. The minimum atomic E-state index is -0.742. The molecule has 114 valence electrons. The highest BCUT2D eigenvalue weighted by atomic mass is 16.4. The van der Waals surface area contributed by atoms with Gasteiger partial charge >= 0.3 is 5.97 Å². The summed E-state index contributed by atoms with van der Waals surface area (Å²) in [5, 5.41) is 20.8. The highest BCUT2D eigenvalue weighted by Crippen LogP contribution is 2.32. The van der Waals surface area contributed by atoms with Gasteiger partial charge in [0.15, 0.2) is 0 Å². The predicted molar refractivity (Wildman–Crippen MR) is 81.9 cm³/mol. The standard InChI is InChI=1S/C16H23N3O2/c1-16(2,3)12(4-7-15(20)21)8-9-18-14-6-5-13(10-17)19-11-14/h5-6,11-12,18H,4,7-9H2,1-3H3,(H,20,21). The van der Waals surface area contributed by atoms with E-state index in [9.17, 15) is 4.79 Å². The van der Waals surface area contributed by atoms with Crippen molar-refractivity contribution in [3.05, 3.63) is 24.0 Å². The van der Waals surface area contributed by atoms with Crippen LogP contribution in [0.3, 0.4) is 0 Å². The lowest BCUT2D eigenvalue weighted by molar-refractivity contribution is -0.137. The van der Waals surface area contributed by atoms with E-state index < -0.39 is 5.97 Å². The fourth-order valence-electron chi connectivity index (χ4n) is 2.26. The second kappa shape index (κ2) is 7.63. The Hall–Kier alpha value is -2.09. The van der Waals surface area contributed by atoms with Crippen molar-refractivity contribution in [1.82, 2.24) is 4.98 Å². The number of rotatable bonds is 7. The number of nitrogens with zero attached hydrogens (tertiary/aromatic N) is 2. The third-order valence-electron chi connectivity index (χ3n) is 3.63. The van der Waals surface area contributed by atoms with E-state index in [1.165, 1.54) is 0 Å². The van der Waals surface area contributed by atoms with Gasteiger partial charge in [-0.05, 0) is 36.3 Å². The van der Waals surface area contributed by atoms with Crippen molar-refractivity contribution in [2.75, 3.05) is 11.9 Å². The SMILES string of the molecule is CC(C)(C)C(CCNc1ccc(C#N)nc1)CCC(=O)O. The van der Waals surface area contributed by atoms with Gasteiger partial charge in [-0.1, -0.05) is 20.8 Å². The molecule has 0 aliphatic heterocycles. The molecule has 0 fully saturated rings. The average molecular weight is 289 g/mol. The van der Waals surface area contributed by atoms with Gasteiger partial charge in [0.25, 0.3) is 0 Å². The highest BCUT2D eigenvalue weighted by Gasteiger charge is 2.24. The molecule has 1 aromatic heterocycles. The molecule has 5 nitrogen and oxygen atoms in total. The third kappa shape index (κ3) is 6.26. The molecule has 0 bridgehead atoms. The van der Waals surface area contributed by atoms with Crippen LogP contribution in [0.15, 0.2) is 18.3 Å². The fraction of sp³-hybridized carbons (Fsp3) is 0.562. The molecule has 1 aromatic rings. The lowest BCUT2D eigenvalue weighted by Crippen LogP contribution is -2.24. The minimum Gasteiger partial charge on any atom is -0.481 e. The van der Waals surface area contributed by atoms with Gasteiger partial charge in [0.2, 0.25) is 0 Å². The molecular weight excluding hydrogens is 266 g/mol. The Balaban J connectivity index is 2.49. The monoisotopic (exact) mass is 289 g/mol. The summed E-state index contributed by atoms with van der Waals surface area (Å²) in [4.78, 5) is 14.7. The van der Waals surface area contributed by atoms with Crippen LogP contribution >= 0.6 is 0 Å². The quantitative estimate of drug-likeness (QED) is 0.804. The molecule has 0 aromatic carbocycles. The molecule has 0 aliphatic rings. The normalized spacial score (nSPS) is 12.5. The molecule has 0 saturated heterocycles. The minimum absolute atomic E-state index is 0.0834. The van der Waals surface area contributed by atoms with Crippen LogP contribution in [-0.4, -0.2) is 22.6 Å². The number of hydrogen-bond donors (Lipinski definition) is 2. The Morgan fingerprint density at radius 1 is 1.43 bits per heavy atom. The number of aromatic nitrogens is 1. The van der Waals surface area contributed by atoms with Crippen LogP contribution in [0.25, 0.3) is 0 Å². The van der Waals surface area contributed by atoms with E-state index in [1.54, 1.807) is 12.3 Å². The van der Waals surface area contributed by atoms with Gasteiger partial charge in [0, 0.05) is 13.0 Å². The molecule has 0 saturated carbocycles. The number of carboxylic acid groups (broad SMARTS) is 1. The Morgan fingerprint density at radius 2 is 2.14 bits per heavy atom. The Kier molecular flexibility index (Phi) is 6.16. The summed E-state index contributed by atoms with van der Waals surface area (Å²) in [6.45, 7) is 7.18. The van der Waals surface area contributed by atoms with Crippen molar-refractivity contribution in [3.63, 3.8) is 0 Å². The summed E-state index contributed by atoms with van der Waals surface area (Å²) in [5.41, 5.74) is 1.36. The van der Waals surface area contributed by atoms with E-state index in [4.69, 9.17) is 10.4 Å². The molecule has 0 radical (unpaired) electrons. The molecule has 0 spiro atoms. The number of aliphatic carboxylic acids is 1. The first kappa shape index (κ1) is 17.0. The molecule has 1 heterocycles. The Labute approximate surface area is 126 Å². The van der Waals surface area contributed by atoms with Crippen molar-refractivity contribution in [3.8, 4) is 6.07 Å². The predicted octanol–water partition coefficient (Wildman–Crippen LogP) is 3.28. The van der Waals surface area contributed by atoms with Gasteiger partial charge in [0.1, 0.15) is 11.8 Å². The lowest BCUT2D eigenvalue weighted by atomic mass is 9.76. The van der Waals surface area contributed by atoms with E-state index in [1.807, 2.05) is 12.1 Å². The maximum absolute atomic E-state index is 10.7. The van der Waals surface area contributed by atoms with Gasteiger partial charge in [0.05, 0.1) is 11.9 Å². The number of nitrogens with one attached hydrogen (secondary N) is 1. The second-order valence-electron chi connectivity index (χ2n) is 6.25. The van der Waals surface area contributed by atoms with Gasteiger partial charge in [-0.2, -0.15) is 5.26 Å². The third-order valence-corrected chi connectivity index (χ3v) is 3.63. The maximum Gasteiger partial charge on any atom is 0.303 e. The van der Waals surface area contributed by atoms with Crippen LogP contribution < -0.4 is 5.32 Å². The molecule has 21 heavy (non-hydrogen) atoms. The summed E-state index contributed by atoms with van der Waals surface area (Å²) in [7, 11) is 0. The summed E-state index contributed by atoms with van der Waals surface area (Å²) in [5.74, 6) is -0.402. The van der Waals surface area contributed by atoms with Crippen LogP contribution in [0.5, 0.6) is 0 Å². The summed E-state index contributed by atoms with van der Waals surface area (Å²) in [6.07, 6.45) is 3.44. The number of nitriles is 1. The van der Waals surface area contributed by atoms with Gasteiger partial charge in [-0.15, -0.1) is 0 Å². The largest absolute Gasteiger partial charge is 0.481 e. The Bertz CT molecular complexity index is 498. The van der Waals surface area contributed by atoms with Crippen molar-refractivity contribution >= 4 is 11.7 Å². The topological polar surface area (TPSA) is 86.0 Å². The second-order valence-corrected chi connectivity index (χ2v) is 6.25. The van der Waals surface area contributed by atoms with Gasteiger partial charge in [-0.3, -0.25) is 4.79 Å². The zero-order valence-corrected chi connectivity index (χ0v) is 12.9. The van der Waals surface area contributed by atoms with E-state index in [0.29, 0.717) is 18.0 Å². The number of pyridine rings is 1. The fourth-order valence-corrected chi connectivity index (χ4v) is 2.26. The van der Waals surface area contributed by atoms with E-state index in [-0.39, 0.29) is 11.8 Å². The van der Waals surface area contributed by atoms with Crippen molar-refractivity contribution < 1.29 is 9.90 Å². The van der Waals surface area contributed by atoms with Crippen molar-refractivity contribution in [1.29, 1.82) is 5.26 Å². The first-order valence-electron chi connectivity index (χ1n) is 7.14. The molecule has 2 N–H and O–H groups in total. The number of anilines is 1. The summed E-state index contributed by atoms with van der Waals surface area (Å²) < 4.78 is 0. The summed E-state index contributed by atoms with van der Waals surface area (Å²) in [6, 6.07) is 5.48. The zero-order valence-electron chi connectivity index (χ0n) is 12.9. The molecule has 1 rings (SSSR count). The number of carbonyl (C=O) groups is 1. The summed E-state index contributed by atoms with van der Waals surface area (Å²) >= 11 is 0. The van der Waals surface area contributed by atoms with Gasteiger partial charge < -0.3 is 10.4 Å². The van der Waals surface area contributed by atoms with E-state index >= 15 is 0 Å². The first-order valence-corrected chi connectivity index (χ1v) is 7.14.